The quantitative estimate of drug-likeness (QED) is 0.669. The van der Waals surface area contributed by atoms with E-state index in [0.29, 0.717) is 25.3 Å². The Morgan fingerprint density at radius 2 is 2.03 bits per heavy atom. The molecule has 2 heterocycles. The molecule has 5 rings (SSSR count). The van der Waals surface area contributed by atoms with Crippen molar-refractivity contribution >= 4 is 12.0 Å². The summed E-state index contributed by atoms with van der Waals surface area (Å²) in [6.07, 6.45) is 7.84. The summed E-state index contributed by atoms with van der Waals surface area (Å²) < 4.78 is 16.8. The fraction of sp³-hybridized carbons (Fsp3) is 0.444. The third-order valence-corrected chi connectivity index (χ3v) is 7.20. The van der Waals surface area contributed by atoms with E-state index in [1.807, 2.05) is 60.4 Å². The van der Waals surface area contributed by atoms with Crippen LogP contribution < -0.4 is 14.2 Å². The maximum atomic E-state index is 13.5. The Morgan fingerprint density at radius 1 is 1.18 bits per heavy atom. The van der Waals surface area contributed by atoms with Crippen LogP contribution in [0, 0.1) is 5.92 Å². The first-order chi connectivity index (χ1) is 16.1. The second kappa shape index (κ2) is 9.10. The summed E-state index contributed by atoms with van der Waals surface area (Å²) in [7, 11) is 0. The van der Waals surface area contributed by atoms with Crippen LogP contribution in [0.25, 0.3) is 6.08 Å². The molecule has 174 valence electrons. The molecule has 1 amide bonds. The minimum Gasteiger partial charge on any atom is -0.494 e. The van der Waals surface area contributed by atoms with Gasteiger partial charge in [-0.05, 0) is 56.0 Å². The van der Waals surface area contributed by atoms with Gasteiger partial charge in [0.2, 0.25) is 12.7 Å². The molecule has 0 radical (unpaired) electrons. The van der Waals surface area contributed by atoms with E-state index < -0.39 is 5.60 Å². The third kappa shape index (κ3) is 4.20. The first-order valence-corrected chi connectivity index (χ1v) is 11.9. The molecule has 6 nitrogen and oxygen atoms in total. The Balaban J connectivity index is 1.46. The van der Waals surface area contributed by atoms with E-state index in [1.165, 1.54) is 0 Å². The van der Waals surface area contributed by atoms with E-state index in [-0.39, 0.29) is 24.7 Å². The molecule has 2 aliphatic heterocycles. The maximum absolute atomic E-state index is 13.5. The highest BCUT2D eigenvalue weighted by Crippen LogP contribution is 2.51. The lowest BCUT2D eigenvalue weighted by Crippen LogP contribution is -2.56. The molecule has 6 heteroatoms. The van der Waals surface area contributed by atoms with Crippen molar-refractivity contribution in [3.05, 3.63) is 59.7 Å². The number of nitrogens with zero attached hydrogens (tertiary/aromatic N) is 1. The summed E-state index contributed by atoms with van der Waals surface area (Å²) in [6, 6.07) is 13.4. The van der Waals surface area contributed by atoms with Crippen molar-refractivity contribution < 1.29 is 24.1 Å². The lowest BCUT2D eigenvalue weighted by Gasteiger charge is -2.52. The van der Waals surface area contributed by atoms with E-state index in [4.69, 9.17) is 14.2 Å². The molecular weight excluding hydrogens is 418 g/mol. The van der Waals surface area contributed by atoms with Gasteiger partial charge in [-0.2, -0.15) is 0 Å². The van der Waals surface area contributed by atoms with Crippen molar-refractivity contribution in [3.63, 3.8) is 0 Å². The second-order valence-electron chi connectivity index (χ2n) is 9.10. The third-order valence-electron chi connectivity index (χ3n) is 7.20. The Morgan fingerprint density at radius 3 is 2.91 bits per heavy atom. The maximum Gasteiger partial charge on any atom is 0.247 e. The molecule has 0 spiro atoms. The van der Waals surface area contributed by atoms with Gasteiger partial charge in [0.15, 0.2) is 11.5 Å². The number of aliphatic hydroxyl groups is 1. The molecule has 1 saturated heterocycles. The van der Waals surface area contributed by atoms with Crippen LogP contribution in [0.15, 0.2) is 48.5 Å². The molecule has 3 aliphatic rings. The molecule has 2 aromatic rings. The number of para-hydroxylation sites is 1. The molecule has 0 unspecified atom stereocenters. The molecule has 1 N–H and O–H groups in total. The van der Waals surface area contributed by atoms with Gasteiger partial charge in [0.1, 0.15) is 5.75 Å². The van der Waals surface area contributed by atoms with Crippen LogP contribution >= 0.6 is 0 Å². The lowest BCUT2D eigenvalue weighted by molar-refractivity contribution is -0.151. The molecule has 33 heavy (non-hydrogen) atoms. The van der Waals surface area contributed by atoms with Crippen LogP contribution in [-0.4, -0.2) is 41.5 Å². The topological polar surface area (TPSA) is 68.2 Å². The normalized spacial score (nSPS) is 26.3. The predicted octanol–water partition coefficient (Wildman–Crippen LogP) is 4.72. The highest BCUT2D eigenvalue weighted by Gasteiger charge is 2.50. The van der Waals surface area contributed by atoms with Crippen LogP contribution in [0.5, 0.6) is 17.2 Å². The van der Waals surface area contributed by atoms with Crippen LogP contribution in [0.3, 0.4) is 0 Å². The number of piperidine rings is 1. The smallest absolute Gasteiger partial charge is 0.247 e. The number of amides is 1. The first kappa shape index (κ1) is 21.8. The van der Waals surface area contributed by atoms with Crippen molar-refractivity contribution in [2.75, 3.05) is 19.9 Å². The van der Waals surface area contributed by atoms with Crippen LogP contribution in [0.1, 0.15) is 56.2 Å². The van der Waals surface area contributed by atoms with Gasteiger partial charge in [-0.15, -0.1) is 0 Å². The van der Waals surface area contributed by atoms with Gasteiger partial charge in [-0.25, -0.2) is 0 Å². The molecule has 2 fully saturated rings. The minimum atomic E-state index is -0.736. The largest absolute Gasteiger partial charge is 0.494 e. The SMILES string of the molecule is CCOc1ccccc1[C@H]1[C@H]2CCCC[C@]2(O)CCN1C(=O)C=Cc1ccc2c(c1)OCO2. The summed E-state index contributed by atoms with van der Waals surface area (Å²) in [5, 5.41) is 11.5. The highest BCUT2D eigenvalue weighted by atomic mass is 16.7. The Kier molecular flexibility index (Phi) is 6.02. The number of carbonyl (C=O) groups excluding carboxylic acids is 1. The summed E-state index contributed by atoms with van der Waals surface area (Å²) in [6.45, 7) is 3.26. The van der Waals surface area contributed by atoms with Crippen molar-refractivity contribution in [2.24, 2.45) is 5.92 Å². The summed E-state index contributed by atoms with van der Waals surface area (Å²) in [5.41, 5.74) is 1.12. The van der Waals surface area contributed by atoms with Gasteiger partial charge in [0.05, 0.1) is 18.2 Å². The Hall–Kier alpha value is -2.99. The van der Waals surface area contributed by atoms with E-state index in [9.17, 15) is 9.90 Å². The van der Waals surface area contributed by atoms with Crippen molar-refractivity contribution in [2.45, 2.75) is 50.7 Å². The van der Waals surface area contributed by atoms with Gasteiger partial charge in [0.25, 0.3) is 0 Å². The first-order valence-electron chi connectivity index (χ1n) is 11.9. The average molecular weight is 450 g/mol. The highest BCUT2D eigenvalue weighted by molar-refractivity contribution is 5.92. The number of carbonyl (C=O) groups is 1. The van der Waals surface area contributed by atoms with Crippen LogP contribution in [0.2, 0.25) is 0 Å². The zero-order valence-electron chi connectivity index (χ0n) is 19.0. The molecule has 3 atom stereocenters. The molecule has 1 aliphatic carbocycles. The lowest BCUT2D eigenvalue weighted by atomic mass is 9.66. The summed E-state index contributed by atoms with van der Waals surface area (Å²) in [5.74, 6) is 2.13. The van der Waals surface area contributed by atoms with E-state index in [2.05, 4.69) is 0 Å². The number of rotatable bonds is 5. The van der Waals surface area contributed by atoms with Gasteiger partial charge in [-0.1, -0.05) is 37.1 Å². The fourth-order valence-corrected chi connectivity index (χ4v) is 5.61. The van der Waals surface area contributed by atoms with E-state index >= 15 is 0 Å². The Bertz CT molecular complexity index is 1050. The van der Waals surface area contributed by atoms with Crippen LogP contribution in [-0.2, 0) is 4.79 Å². The van der Waals surface area contributed by atoms with Gasteiger partial charge in [-0.3, -0.25) is 4.79 Å². The number of ether oxygens (including phenoxy) is 3. The molecule has 1 saturated carbocycles. The summed E-state index contributed by atoms with van der Waals surface area (Å²) >= 11 is 0. The average Bonchev–Trinajstić information content (AvgIpc) is 3.30. The number of hydrogen-bond donors (Lipinski definition) is 1. The monoisotopic (exact) mass is 449 g/mol. The summed E-state index contributed by atoms with van der Waals surface area (Å²) in [4.78, 5) is 15.4. The van der Waals surface area contributed by atoms with Crippen molar-refractivity contribution in [1.82, 2.24) is 4.90 Å². The van der Waals surface area contributed by atoms with Crippen molar-refractivity contribution in [1.29, 1.82) is 0 Å². The predicted molar refractivity (Wildman–Crippen MR) is 125 cm³/mol. The van der Waals surface area contributed by atoms with E-state index in [1.54, 1.807) is 6.08 Å². The van der Waals surface area contributed by atoms with Gasteiger partial charge in [0, 0.05) is 24.1 Å². The molecule has 2 aromatic carbocycles. The number of fused-ring (bicyclic) bond motifs is 2. The Labute approximate surface area is 194 Å². The van der Waals surface area contributed by atoms with E-state index in [0.717, 1.165) is 48.3 Å². The molecule has 0 aromatic heterocycles. The number of hydrogen-bond acceptors (Lipinski definition) is 5. The zero-order chi connectivity index (χ0) is 22.8. The zero-order valence-corrected chi connectivity index (χ0v) is 19.0. The number of likely N-dealkylation sites (tertiary alicyclic amines) is 1. The molecular formula is C27H31NO5. The fourth-order valence-electron chi connectivity index (χ4n) is 5.61. The van der Waals surface area contributed by atoms with Crippen molar-refractivity contribution in [3.8, 4) is 17.2 Å². The second-order valence-corrected chi connectivity index (χ2v) is 9.10. The van der Waals surface area contributed by atoms with Gasteiger partial charge >= 0.3 is 0 Å². The standard InChI is InChI=1S/C27H31NO5/c1-2-31-22-9-4-3-7-20(22)26-21-8-5-6-14-27(21,30)15-16-28(26)25(29)13-11-19-10-12-23-24(17-19)33-18-32-23/h3-4,7,9-13,17,21,26,30H,2,5-6,8,14-16,18H2,1H3/t21-,26+,27+/m1/s1. The minimum absolute atomic E-state index is 0.00972. The van der Waals surface area contributed by atoms with Gasteiger partial charge < -0.3 is 24.2 Å². The number of benzene rings is 2. The molecule has 0 bridgehead atoms. The van der Waals surface area contributed by atoms with Crippen LogP contribution in [0.4, 0.5) is 0 Å².